The Morgan fingerprint density at radius 3 is 2.27 bits per heavy atom. The number of methoxy groups -OCH3 is 1. The molecule has 1 aromatic carbocycles. The fourth-order valence-corrected chi connectivity index (χ4v) is 3.21. The molecule has 0 aliphatic rings. The molecule has 7 heteroatoms. The van der Waals surface area contributed by atoms with Gasteiger partial charge in [0.15, 0.2) is 11.7 Å². The number of carbonyl (C=O) groups excluding carboxylic acids is 1. The molecule has 0 aliphatic heterocycles. The van der Waals surface area contributed by atoms with E-state index < -0.39 is 18.0 Å². The van der Waals surface area contributed by atoms with Crippen LogP contribution in [0, 0.1) is 11.3 Å². The van der Waals surface area contributed by atoms with E-state index in [4.69, 9.17) is 19.4 Å². The Morgan fingerprint density at radius 1 is 1.13 bits per heavy atom. The highest BCUT2D eigenvalue weighted by molar-refractivity contribution is 5.85. The molecule has 0 bridgehead atoms. The molecule has 2 unspecified atom stereocenters. The van der Waals surface area contributed by atoms with Crippen LogP contribution in [0.2, 0.25) is 0 Å². The van der Waals surface area contributed by atoms with E-state index in [9.17, 15) is 10.1 Å². The molecular weight excluding hydrogens is 380 g/mol. The van der Waals surface area contributed by atoms with Crippen LogP contribution in [0.4, 0.5) is 5.82 Å². The number of para-hydroxylation sites is 2. The molecule has 7 nitrogen and oxygen atoms in total. The second kappa shape index (κ2) is 12.1. The summed E-state index contributed by atoms with van der Waals surface area (Å²) in [5.74, 6) is -1.18. The summed E-state index contributed by atoms with van der Waals surface area (Å²) in [7, 11) is 1.54. The molecule has 1 heterocycles. The molecular formula is C23H32N4O3. The molecule has 0 radical (unpaired) electrons. The summed E-state index contributed by atoms with van der Waals surface area (Å²) in [6, 6.07) is 9.60. The minimum Gasteiger partial charge on any atom is -0.459 e. The number of hydrogen-bond donors (Lipinski definition) is 0. The van der Waals surface area contributed by atoms with Crippen LogP contribution < -0.4 is 4.90 Å². The lowest BCUT2D eigenvalue weighted by molar-refractivity contribution is -0.150. The summed E-state index contributed by atoms with van der Waals surface area (Å²) in [4.78, 5) is 24.5. The first kappa shape index (κ1) is 23.6. The number of nitriles is 1. The molecule has 0 N–H and O–H groups in total. The summed E-state index contributed by atoms with van der Waals surface area (Å²) >= 11 is 0. The average Bonchev–Trinajstić information content (AvgIpc) is 2.74. The van der Waals surface area contributed by atoms with E-state index in [2.05, 4.69) is 24.8 Å². The van der Waals surface area contributed by atoms with Gasteiger partial charge in [0.1, 0.15) is 11.8 Å². The molecule has 2 atom stereocenters. The molecule has 0 saturated carbocycles. The zero-order valence-corrected chi connectivity index (χ0v) is 18.4. The summed E-state index contributed by atoms with van der Waals surface area (Å²) in [6.45, 7) is 7.86. The molecule has 0 fully saturated rings. The second-order valence-electron chi connectivity index (χ2n) is 7.38. The van der Waals surface area contributed by atoms with E-state index in [1.54, 1.807) is 14.0 Å². The quantitative estimate of drug-likeness (QED) is 0.482. The minimum absolute atomic E-state index is 0.263. The average molecular weight is 413 g/mol. The molecule has 0 saturated heterocycles. The van der Waals surface area contributed by atoms with Crippen molar-refractivity contribution in [3.05, 3.63) is 30.0 Å². The van der Waals surface area contributed by atoms with Gasteiger partial charge in [0.2, 0.25) is 0 Å². The number of aromatic nitrogens is 2. The van der Waals surface area contributed by atoms with Crippen LogP contribution in [0.15, 0.2) is 24.3 Å². The highest BCUT2D eigenvalue weighted by Crippen LogP contribution is 2.29. The number of unbranched alkanes of at least 4 members (excludes halogenated alkanes) is 2. The zero-order chi connectivity index (χ0) is 21.9. The number of anilines is 1. The third kappa shape index (κ3) is 6.14. The number of nitrogens with zero attached hydrogens (tertiary/aromatic N) is 4. The number of fused-ring (bicyclic) bond motifs is 1. The molecule has 1 aromatic heterocycles. The van der Waals surface area contributed by atoms with Crippen LogP contribution in [-0.2, 0) is 14.3 Å². The van der Waals surface area contributed by atoms with Gasteiger partial charge in [-0.25, -0.2) is 9.97 Å². The van der Waals surface area contributed by atoms with Crippen molar-refractivity contribution in [3.63, 3.8) is 0 Å². The summed E-state index contributed by atoms with van der Waals surface area (Å²) in [5.41, 5.74) is 1.75. The Bertz CT molecular complexity index is 857. The molecule has 0 aliphatic carbocycles. The number of esters is 1. The zero-order valence-electron chi connectivity index (χ0n) is 18.4. The van der Waals surface area contributed by atoms with E-state index >= 15 is 0 Å². The van der Waals surface area contributed by atoms with E-state index in [0.29, 0.717) is 17.0 Å². The highest BCUT2D eigenvalue weighted by Gasteiger charge is 2.31. The second-order valence-corrected chi connectivity index (χ2v) is 7.38. The number of benzene rings is 1. The van der Waals surface area contributed by atoms with Crippen LogP contribution in [-0.4, -0.2) is 48.8 Å². The van der Waals surface area contributed by atoms with Gasteiger partial charge in [-0.3, -0.25) is 4.79 Å². The predicted octanol–water partition coefficient (Wildman–Crippen LogP) is 4.22. The van der Waals surface area contributed by atoms with Crippen molar-refractivity contribution in [1.82, 2.24) is 9.97 Å². The maximum atomic E-state index is 12.8. The van der Waals surface area contributed by atoms with E-state index in [1.807, 2.05) is 24.3 Å². The van der Waals surface area contributed by atoms with Crippen LogP contribution >= 0.6 is 0 Å². The largest absolute Gasteiger partial charge is 0.459 e. The van der Waals surface area contributed by atoms with Gasteiger partial charge in [0, 0.05) is 20.2 Å². The lowest BCUT2D eigenvalue weighted by Crippen LogP contribution is -2.31. The van der Waals surface area contributed by atoms with Crippen molar-refractivity contribution in [3.8, 4) is 6.07 Å². The summed E-state index contributed by atoms with van der Waals surface area (Å²) in [6.07, 6.45) is 3.61. The lowest BCUT2D eigenvalue weighted by Gasteiger charge is -2.27. The van der Waals surface area contributed by atoms with Gasteiger partial charge in [-0.15, -0.1) is 0 Å². The lowest BCUT2D eigenvalue weighted by atomic mass is 10.1. The molecule has 162 valence electrons. The van der Waals surface area contributed by atoms with Gasteiger partial charge in [0.25, 0.3) is 0 Å². The van der Waals surface area contributed by atoms with Crippen molar-refractivity contribution in [1.29, 1.82) is 5.26 Å². The maximum absolute atomic E-state index is 12.8. The Kier molecular flexibility index (Phi) is 9.49. The van der Waals surface area contributed by atoms with Crippen LogP contribution in [0.3, 0.4) is 0 Å². The normalized spacial score (nSPS) is 12.9. The van der Waals surface area contributed by atoms with Crippen LogP contribution in [0.5, 0.6) is 0 Å². The highest BCUT2D eigenvalue weighted by atomic mass is 16.6. The first-order valence-electron chi connectivity index (χ1n) is 10.7. The summed E-state index contributed by atoms with van der Waals surface area (Å²) in [5, 5.41) is 9.85. The van der Waals surface area contributed by atoms with Gasteiger partial charge >= 0.3 is 5.97 Å². The number of rotatable bonds is 12. The molecule has 30 heavy (non-hydrogen) atoms. The van der Waals surface area contributed by atoms with E-state index in [-0.39, 0.29) is 6.61 Å². The SMILES string of the molecule is CCCCN(CCCC)c1nc2ccccc2nc1C(C#N)C(=O)OC(C)COC. The Labute approximate surface area is 179 Å². The maximum Gasteiger partial charge on any atom is 0.330 e. The topological polar surface area (TPSA) is 88.3 Å². The fourth-order valence-electron chi connectivity index (χ4n) is 3.21. The molecule has 2 rings (SSSR count). The first-order chi connectivity index (χ1) is 14.5. The van der Waals surface area contributed by atoms with Crippen molar-refractivity contribution < 1.29 is 14.3 Å². The Hall–Kier alpha value is -2.72. The number of hydrogen-bond acceptors (Lipinski definition) is 7. The van der Waals surface area contributed by atoms with E-state index in [1.165, 1.54) is 0 Å². The van der Waals surface area contributed by atoms with Gasteiger partial charge in [0.05, 0.1) is 23.7 Å². The molecule has 2 aromatic rings. The van der Waals surface area contributed by atoms with Crippen LogP contribution in [0.25, 0.3) is 11.0 Å². The number of ether oxygens (including phenoxy) is 2. The van der Waals surface area contributed by atoms with Crippen molar-refractivity contribution in [2.45, 2.75) is 58.5 Å². The van der Waals surface area contributed by atoms with E-state index in [0.717, 1.165) is 44.3 Å². The summed E-state index contributed by atoms with van der Waals surface area (Å²) < 4.78 is 10.5. The Morgan fingerprint density at radius 2 is 1.73 bits per heavy atom. The smallest absolute Gasteiger partial charge is 0.330 e. The van der Waals surface area contributed by atoms with Gasteiger partial charge in [-0.05, 0) is 31.9 Å². The minimum atomic E-state index is -1.15. The monoisotopic (exact) mass is 412 g/mol. The van der Waals surface area contributed by atoms with Gasteiger partial charge < -0.3 is 14.4 Å². The standard InChI is InChI=1S/C23H32N4O3/c1-5-7-13-27(14-8-6-2)22-21(25-19-11-9-10-12-20(19)26-22)18(15-24)23(28)30-17(3)16-29-4/h9-12,17-18H,5-8,13-14,16H2,1-4H3. The van der Waals surface area contributed by atoms with Gasteiger partial charge in [-0.2, -0.15) is 5.26 Å². The number of carbonyl (C=O) groups is 1. The Balaban J connectivity index is 2.52. The predicted molar refractivity (Wildman–Crippen MR) is 117 cm³/mol. The van der Waals surface area contributed by atoms with Crippen molar-refractivity contribution in [2.24, 2.45) is 0 Å². The van der Waals surface area contributed by atoms with Crippen molar-refractivity contribution >= 4 is 22.8 Å². The third-order valence-corrected chi connectivity index (χ3v) is 4.80. The van der Waals surface area contributed by atoms with Crippen LogP contribution in [0.1, 0.15) is 58.1 Å². The first-order valence-corrected chi connectivity index (χ1v) is 10.7. The fraction of sp³-hybridized carbons (Fsp3) is 0.565. The molecule has 0 amide bonds. The third-order valence-electron chi connectivity index (χ3n) is 4.80. The van der Waals surface area contributed by atoms with Gasteiger partial charge in [-0.1, -0.05) is 38.8 Å². The van der Waals surface area contributed by atoms with Crippen molar-refractivity contribution in [2.75, 3.05) is 31.7 Å². The molecule has 0 spiro atoms.